The fourth-order valence-corrected chi connectivity index (χ4v) is 7.80. The van der Waals surface area contributed by atoms with Crippen LogP contribution in [0.25, 0.3) is 0 Å². The molecule has 0 unspecified atom stereocenters. The normalized spacial score (nSPS) is 25.0. The molecule has 3 aliphatic heterocycles. The van der Waals surface area contributed by atoms with Gasteiger partial charge in [0.05, 0.1) is 24.0 Å². The van der Waals surface area contributed by atoms with Gasteiger partial charge in [-0.2, -0.15) is 0 Å². The van der Waals surface area contributed by atoms with Gasteiger partial charge in [-0.1, -0.05) is 54.1 Å². The van der Waals surface area contributed by atoms with Gasteiger partial charge in [0.15, 0.2) is 0 Å². The molecule has 262 valence electrons. The number of nitrogens with one attached hydrogen (secondary N) is 1. The molecule has 1 spiro atoms. The van der Waals surface area contributed by atoms with Crippen LogP contribution in [0.15, 0.2) is 79.9 Å². The smallest absolute Gasteiger partial charge is 0.313 e. The van der Waals surface area contributed by atoms with Crippen LogP contribution in [0, 0.1) is 11.8 Å². The Morgan fingerprint density at radius 3 is 2.53 bits per heavy atom. The molecule has 2 N–H and O–H groups in total. The third-order valence-electron chi connectivity index (χ3n) is 9.87. The lowest BCUT2D eigenvalue weighted by Crippen LogP contribution is -2.56. The number of fused-ring (bicyclic) bond motifs is 1. The monoisotopic (exact) mass is 691 g/mol. The van der Waals surface area contributed by atoms with E-state index in [-0.39, 0.29) is 43.8 Å². The van der Waals surface area contributed by atoms with Gasteiger partial charge in [-0.3, -0.25) is 19.2 Å². The first-order valence-electron chi connectivity index (χ1n) is 17.1. The summed E-state index contributed by atoms with van der Waals surface area (Å²) in [4.78, 5) is 59.2. The van der Waals surface area contributed by atoms with Crippen LogP contribution in [0.2, 0.25) is 5.02 Å². The predicted octanol–water partition coefficient (Wildman–Crippen LogP) is 5.15. The Labute approximate surface area is 293 Å². The molecule has 3 amide bonds. The van der Waals surface area contributed by atoms with Crippen molar-refractivity contribution < 1.29 is 33.8 Å². The average molecular weight is 692 g/mol. The zero-order valence-corrected chi connectivity index (χ0v) is 28.7. The van der Waals surface area contributed by atoms with Crippen LogP contribution in [-0.2, 0) is 28.7 Å². The van der Waals surface area contributed by atoms with E-state index >= 15 is 0 Å². The summed E-state index contributed by atoms with van der Waals surface area (Å²) in [6.07, 6.45) is 5.34. The highest BCUT2D eigenvalue weighted by atomic mass is 35.5. The van der Waals surface area contributed by atoms with Crippen molar-refractivity contribution >= 4 is 41.0 Å². The van der Waals surface area contributed by atoms with E-state index < -0.39 is 47.7 Å². The Balaban J connectivity index is 1.46. The van der Waals surface area contributed by atoms with Crippen LogP contribution in [0.5, 0.6) is 0 Å². The summed E-state index contributed by atoms with van der Waals surface area (Å²) >= 11 is 6.15. The second-order valence-corrected chi connectivity index (χ2v) is 13.5. The lowest BCUT2D eigenvalue weighted by atomic mass is 9.70. The van der Waals surface area contributed by atoms with Gasteiger partial charge in [-0.25, -0.2) is 0 Å². The number of benzene rings is 2. The molecule has 5 rings (SSSR count). The minimum absolute atomic E-state index is 0.0287. The number of unbranched alkanes of at least 4 members (excludes halogenated alkanes) is 2. The number of amides is 3. The number of aliphatic hydroxyl groups excluding tert-OH is 1. The number of carbonyl (C=O) groups excluding carboxylic acids is 4. The van der Waals surface area contributed by atoms with Crippen molar-refractivity contribution in [1.82, 2.24) is 10.2 Å². The van der Waals surface area contributed by atoms with Gasteiger partial charge in [0.1, 0.15) is 17.7 Å². The molecule has 11 heteroatoms. The third kappa shape index (κ3) is 7.46. The van der Waals surface area contributed by atoms with E-state index in [0.29, 0.717) is 54.8 Å². The zero-order valence-electron chi connectivity index (χ0n) is 28.0. The minimum atomic E-state index is -1.22. The van der Waals surface area contributed by atoms with Crippen LogP contribution < -0.4 is 10.2 Å². The molecule has 7 atom stereocenters. The summed E-state index contributed by atoms with van der Waals surface area (Å²) in [6, 6.07) is 14.5. The Bertz CT molecular complexity index is 1520. The summed E-state index contributed by atoms with van der Waals surface area (Å²) < 4.78 is 12.9. The van der Waals surface area contributed by atoms with Gasteiger partial charge >= 0.3 is 5.97 Å². The van der Waals surface area contributed by atoms with Gasteiger partial charge in [-0.05, 0) is 75.3 Å². The third-order valence-corrected chi connectivity index (χ3v) is 10.1. The molecule has 0 saturated carbocycles. The number of hydrogen-bond acceptors (Lipinski definition) is 7. The Kier molecular flexibility index (Phi) is 12.0. The number of carbonyl (C=O) groups is 4. The van der Waals surface area contributed by atoms with Gasteiger partial charge in [-0.15, -0.1) is 13.2 Å². The highest BCUT2D eigenvalue weighted by Gasteiger charge is 2.75. The van der Waals surface area contributed by atoms with E-state index in [4.69, 9.17) is 21.1 Å². The second kappa shape index (κ2) is 16.1. The lowest BCUT2D eigenvalue weighted by Gasteiger charge is -2.37. The minimum Gasteiger partial charge on any atom is -0.455 e. The first kappa shape index (κ1) is 36.3. The number of anilines is 1. The van der Waals surface area contributed by atoms with Gasteiger partial charge < -0.3 is 29.7 Å². The number of aliphatic hydroxyl groups is 1. The van der Waals surface area contributed by atoms with E-state index in [0.717, 1.165) is 0 Å². The molecule has 0 aliphatic carbocycles. The maximum Gasteiger partial charge on any atom is 0.313 e. The largest absolute Gasteiger partial charge is 0.455 e. The van der Waals surface area contributed by atoms with Crippen molar-refractivity contribution in [2.45, 2.75) is 81.8 Å². The number of halogens is 1. The fraction of sp³-hybridized carbons (Fsp3) is 0.474. The van der Waals surface area contributed by atoms with E-state index in [1.54, 1.807) is 53.1 Å². The number of allylic oxidation sites excluding steroid dienone is 1. The van der Waals surface area contributed by atoms with E-state index in [1.165, 1.54) is 0 Å². The number of nitrogens with zero attached hydrogens (tertiary/aromatic N) is 2. The summed E-state index contributed by atoms with van der Waals surface area (Å²) in [6.45, 7) is 9.80. The van der Waals surface area contributed by atoms with Gasteiger partial charge in [0, 0.05) is 36.8 Å². The van der Waals surface area contributed by atoms with Crippen molar-refractivity contribution in [2.24, 2.45) is 11.8 Å². The van der Waals surface area contributed by atoms with Crippen LogP contribution in [0.3, 0.4) is 0 Å². The first-order chi connectivity index (χ1) is 23.7. The summed E-state index contributed by atoms with van der Waals surface area (Å²) in [5, 5.41) is 12.8. The van der Waals surface area contributed by atoms with Crippen LogP contribution in [-0.4, -0.2) is 77.2 Å². The first-order valence-corrected chi connectivity index (χ1v) is 17.5. The topological polar surface area (TPSA) is 125 Å². The quantitative estimate of drug-likeness (QED) is 0.134. The fourth-order valence-electron chi connectivity index (χ4n) is 7.67. The molecular formula is C38H46ClN3O7. The van der Waals surface area contributed by atoms with Crippen molar-refractivity contribution in [1.29, 1.82) is 0 Å². The van der Waals surface area contributed by atoms with Crippen LogP contribution in [0.1, 0.15) is 63.5 Å². The van der Waals surface area contributed by atoms with E-state index in [1.807, 2.05) is 30.3 Å². The predicted molar refractivity (Wildman–Crippen MR) is 187 cm³/mol. The molecule has 0 radical (unpaired) electrons. The van der Waals surface area contributed by atoms with Crippen molar-refractivity contribution in [2.75, 3.05) is 24.6 Å². The van der Waals surface area contributed by atoms with E-state index in [9.17, 15) is 24.3 Å². The molecule has 3 heterocycles. The summed E-state index contributed by atoms with van der Waals surface area (Å²) in [5.41, 5.74) is 0.0728. The highest BCUT2D eigenvalue weighted by molar-refractivity contribution is 6.30. The second-order valence-electron chi connectivity index (χ2n) is 13.0. The molecule has 10 nitrogen and oxygen atoms in total. The summed E-state index contributed by atoms with van der Waals surface area (Å²) in [7, 11) is 0. The SMILES string of the molecule is C=CCCC(=O)N[C@@H](C)[C@H](OC(=O)[C@@H]1[C@H]2C(=O)N(CCCCCO)[C@H](C(=O)N(CC=C)c3ccc(Cl)cc3)[C@]23CC[C@H]1O3)c1ccccc1. The Morgan fingerprint density at radius 1 is 1.12 bits per heavy atom. The van der Waals surface area contributed by atoms with Gasteiger partial charge in [0.2, 0.25) is 11.8 Å². The maximum atomic E-state index is 14.7. The van der Waals surface area contributed by atoms with Crippen LogP contribution >= 0.6 is 11.6 Å². The Morgan fingerprint density at radius 2 is 1.86 bits per heavy atom. The number of ether oxygens (including phenoxy) is 2. The average Bonchev–Trinajstić information content (AvgIpc) is 3.74. The van der Waals surface area contributed by atoms with Crippen molar-refractivity contribution in [3.05, 3.63) is 90.5 Å². The molecule has 2 aromatic carbocycles. The standard InChI is InChI=1S/C38H46ClN3O7/c1-4-6-15-30(44)40-25(3)33(26-13-9-7-10-14-26)48-37(47)31-29-20-21-38(49-29)32(31)35(45)42(23-11-8-12-24-43)34(38)36(46)41(22-5-2)28-18-16-27(39)17-19-28/h4-5,7,9-10,13-14,16-19,25,29,31-34,43H,1-2,6,8,11-12,15,20-24H2,3H3,(H,40,44)/t25-,29+,31-,32-,33-,34+,38-/m0/s1. The lowest BCUT2D eigenvalue weighted by molar-refractivity contribution is -0.162. The molecule has 3 aliphatic rings. The molecule has 49 heavy (non-hydrogen) atoms. The Hall–Kier alpha value is -3.99. The van der Waals surface area contributed by atoms with Crippen LogP contribution in [0.4, 0.5) is 5.69 Å². The molecule has 3 fully saturated rings. The number of likely N-dealkylation sites (tertiary alicyclic amines) is 1. The van der Waals surface area contributed by atoms with E-state index in [2.05, 4.69) is 18.5 Å². The molecular weight excluding hydrogens is 646 g/mol. The van der Waals surface area contributed by atoms with Crippen molar-refractivity contribution in [3.8, 4) is 0 Å². The molecule has 2 aromatic rings. The number of esters is 1. The summed E-state index contributed by atoms with van der Waals surface area (Å²) in [5.74, 6) is -3.29. The molecule has 0 aromatic heterocycles. The zero-order chi connectivity index (χ0) is 35.1. The van der Waals surface area contributed by atoms with Gasteiger partial charge in [0.25, 0.3) is 5.91 Å². The number of rotatable bonds is 17. The molecule has 3 saturated heterocycles. The number of hydrogen-bond donors (Lipinski definition) is 2. The maximum absolute atomic E-state index is 14.7. The molecule has 2 bridgehead atoms. The highest BCUT2D eigenvalue weighted by Crippen LogP contribution is 2.59. The van der Waals surface area contributed by atoms with Crippen molar-refractivity contribution in [3.63, 3.8) is 0 Å².